The minimum atomic E-state index is 0.175. The Hall–Kier alpha value is -7.37. The van der Waals surface area contributed by atoms with Gasteiger partial charge in [0.05, 0.1) is 11.4 Å². The molecule has 1 N–H and O–H groups in total. The van der Waals surface area contributed by atoms with E-state index in [0.717, 1.165) is 39.1 Å². The lowest BCUT2D eigenvalue weighted by molar-refractivity contribution is 0.843. The number of fused-ring (bicyclic) bond motifs is 2. The van der Waals surface area contributed by atoms with Crippen molar-refractivity contribution in [2.45, 2.75) is 13.1 Å². The third kappa shape index (κ3) is 6.25. The number of aromatic nitrogens is 3. The average molecular weight is 720 g/mol. The minimum Gasteiger partial charge on any atom is -0.363 e. The number of para-hydroxylation sites is 2. The molecule has 8 aromatic carbocycles. The Labute approximate surface area is 326 Å². The van der Waals surface area contributed by atoms with E-state index < -0.39 is 0 Å². The van der Waals surface area contributed by atoms with Gasteiger partial charge in [0.1, 0.15) is 6.17 Å². The molecule has 0 radical (unpaired) electrons. The number of rotatable bonds is 7. The van der Waals surface area contributed by atoms with Crippen LogP contribution in [0.25, 0.3) is 78.3 Å². The Kier molecular flexibility index (Phi) is 8.38. The lowest BCUT2D eigenvalue weighted by Crippen LogP contribution is -2.28. The summed E-state index contributed by atoms with van der Waals surface area (Å²) in [5, 5.41) is 6.02. The predicted octanol–water partition coefficient (Wildman–Crippen LogP) is 12.9. The van der Waals surface area contributed by atoms with Gasteiger partial charge in [0.25, 0.3) is 0 Å². The maximum Gasteiger partial charge on any atom is 0.164 e. The lowest BCUT2D eigenvalue weighted by atomic mass is 9.97. The van der Waals surface area contributed by atoms with E-state index in [-0.39, 0.29) is 6.17 Å². The molecule has 56 heavy (non-hydrogen) atoms. The first-order valence-corrected chi connectivity index (χ1v) is 19.0. The largest absolute Gasteiger partial charge is 0.363 e. The molecule has 0 saturated heterocycles. The summed E-state index contributed by atoms with van der Waals surface area (Å²) in [5.41, 5.74) is 13.3. The van der Waals surface area contributed by atoms with Gasteiger partial charge in [-0.1, -0.05) is 164 Å². The van der Waals surface area contributed by atoms with Crippen LogP contribution >= 0.6 is 0 Å². The Morgan fingerprint density at radius 1 is 0.411 bits per heavy atom. The van der Waals surface area contributed by atoms with Crippen LogP contribution in [0.1, 0.15) is 6.92 Å². The molecule has 1 atom stereocenters. The fraction of sp³-hybridized carbons (Fsp3) is 0.0392. The number of nitrogens with one attached hydrogen (secondary N) is 1. The third-order valence-electron chi connectivity index (χ3n) is 10.6. The molecule has 1 aromatic heterocycles. The zero-order valence-electron chi connectivity index (χ0n) is 30.8. The van der Waals surface area contributed by atoms with Crippen molar-refractivity contribution in [1.29, 1.82) is 0 Å². The second-order valence-electron chi connectivity index (χ2n) is 14.2. The molecule has 0 spiro atoms. The van der Waals surface area contributed by atoms with E-state index in [1.165, 1.54) is 38.8 Å². The molecule has 5 heteroatoms. The molecule has 0 saturated carbocycles. The van der Waals surface area contributed by atoms with Crippen molar-refractivity contribution in [3.05, 3.63) is 194 Å². The van der Waals surface area contributed by atoms with Crippen LogP contribution in [0.15, 0.2) is 194 Å². The summed E-state index contributed by atoms with van der Waals surface area (Å²) in [6.45, 7) is 2.20. The van der Waals surface area contributed by atoms with Gasteiger partial charge in [-0.15, -0.1) is 0 Å². The van der Waals surface area contributed by atoms with Crippen LogP contribution in [0.3, 0.4) is 0 Å². The molecule has 2 heterocycles. The van der Waals surface area contributed by atoms with Crippen LogP contribution < -0.4 is 10.2 Å². The Morgan fingerprint density at radius 2 is 0.929 bits per heavy atom. The molecule has 5 nitrogen and oxygen atoms in total. The molecule has 0 fully saturated rings. The van der Waals surface area contributed by atoms with Gasteiger partial charge in [-0.05, 0) is 81.4 Å². The van der Waals surface area contributed by atoms with Crippen molar-refractivity contribution in [3.8, 4) is 67.5 Å². The predicted molar refractivity (Wildman–Crippen MR) is 232 cm³/mol. The lowest BCUT2D eigenvalue weighted by Gasteiger charge is -2.24. The first-order chi connectivity index (χ1) is 27.6. The van der Waals surface area contributed by atoms with Gasteiger partial charge in [-0.25, -0.2) is 15.0 Å². The number of benzene rings is 8. The van der Waals surface area contributed by atoms with E-state index in [9.17, 15) is 0 Å². The summed E-state index contributed by atoms with van der Waals surface area (Å²) in [4.78, 5) is 17.4. The van der Waals surface area contributed by atoms with Crippen molar-refractivity contribution in [2.75, 3.05) is 10.2 Å². The quantitative estimate of drug-likeness (QED) is 0.178. The zero-order valence-corrected chi connectivity index (χ0v) is 30.8. The first-order valence-electron chi connectivity index (χ1n) is 19.0. The second kappa shape index (κ2) is 14.1. The molecule has 0 bridgehead atoms. The highest BCUT2D eigenvalue weighted by Crippen LogP contribution is 2.41. The molecule has 1 aliphatic heterocycles. The summed E-state index contributed by atoms with van der Waals surface area (Å²) >= 11 is 0. The highest BCUT2D eigenvalue weighted by atomic mass is 15.3. The highest BCUT2D eigenvalue weighted by molar-refractivity contribution is 5.97. The van der Waals surface area contributed by atoms with Gasteiger partial charge >= 0.3 is 0 Å². The molecule has 10 rings (SSSR count). The molecule has 1 aliphatic rings. The zero-order chi connectivity index (χ0) is 37.4. The van der Waals surface area contributed by atoms with Crippen molar-refractivity contribution in [1.82, 2.24) is 15.0 Å². The Balaban J connectivity index is 0.952. The van der Waals surface area contributed by atoms with Gasteiger partial charge in [0.15, 0.2) is 17.5 Å². The van der Waals surface area contributed by atoms with Crippen LogP contribution in [0, 0.1) is 0 Å². The maximum atomic E-state index is 5.07. The number of hydrogen-bond acceptors (Lipinski definition) is 5. The minimum absolute atomic E-state index is 0.175. The van der Waals surface area contributed by atoms with E-state index in [1.807, 2.05) is 30.3 Å². The molecule has 1 unspecified atom stereocenters. The summed E-state index contributed by atoms with van der Waals surface area (Å²) in [6.07, 6.45) is 0.175. The van der Waals surface area contributed by atoms with Gasteiger partial charge in [0.2, 0.25) is 0 Å². The first kappa shape index (κ1) is 33.2. The fourth-order valence-corrected chi connectivity index (χ4v) is 7.82. The molecule has 266 valence electrons. The summed E-state index contributed by atoms with van der Waals surface area (Å²) < 4.78 is 0. The molecular weight excluding hydrogens is 683 g/mol. The molecule has 0 aliphatic carbocycles. The van der Waals surface area contributed by atoms with Gasteiger partial charge in [-0.3, -0.25) is 0 Å². The Morgan fingerprint density at radius 3 is 1.70 bits per heavy atom. The van der Waals surface area contributed by atoms with Crippen molar-refractivity contribution in [2.24, 2.45) is 0 Å². The average Bonchev–Trinajstić information content (AvgIpc) is 3.62. The normalized spacial score (nSPS) is 13.4. The van der Waals surface area contributed by atoms with Crippen LogP contribution in [-0.2, 0) is 0 Å². The standard InChI is InChI=1S/C51H37N5/c1-34-52-47-22-7-8-23-48(47)56(34)44-19-10-16-41(33-44)37-26-24-35(25-27-37)36-28-30-40(31-29-36)50-53-49(39-13-3-2-4-14-39)54-51(55-50)43-18-9-17-42(32-43)46-21-11-15-38-12-5-6-20-45(38)46/h2-34,52H,1H3. The van der Waals surface area contributed by atoms with E-state index >= 15 is 0 Å². The van der Waals surface area contributed by atoms with E-state index in [1.54, 1.807) is 0 Å². The monoisotopic (exact) mass is 719 g/mol. The van der Waals surface area contributed by atoms with Crippen LogP contribution in [-0.4, -0.2) is 21.1 Å². The summed E-state index contributed by atoms with van der Waals surface area (Å²) in [6, 6.07) is 68.1. The topological polar surface area (TPSA) is 53.9 Å². The summed E-state index contributed by atoms with van der Waals surface area (Å²) in [7, 11) is 0. The highest BCUT2D eigenvalue weighted by Gasteiger charge is 2.26. The van der Waals surface area contributed by atoms with Crippen molar-refractivity contribution >= 4 is 27.8 Å². The van der Waals surface area contributed by atoms with Crippen LogP contribution in [0.2, 0.25) is 0 Å². The second-order valence-corrected chi connectivity index (χ2v) is 14.2. The molecule has 9 aromatic rings. The van der Waals surface area contributed by atoms with Crippen molar-refractivity contribution < 1.29 is 0 Å². The van der Waals surface area contributed by atoms with Gasteiger partial charge in [-0.2, -0.15) is 0 Å². The van der Waals surface area contributed by atoms with Crippen molar-refractivity contribution in [3.63, 3.8) is 0 Å². The van der Waals surface area contributed by atoms with E-state index in [4.69, 9.17) is 15.0 Å². The van der Waals surface area contributed by atoms with E-state index in [2.05, 4.69) is 181 Å². The number of hydrogen-bond donors (Lipinski definition) is 1. The number of nitrogens with zero attached hydrogens (tertiary/aromatic N) is 4. The van der Waals surface area contributed by atoms with Crippen LogP contribution in [0.4, 0.5) is 17.1 Å². The maximum absolute atomic E-state index is 5.07. The van der Waals surface area contributed by atoms with Gasteiger partial charge in [0, 0.05) is 22.4 Å². The molecule has 0 amide bonds. The smallest absolute Gasteiger partial charge is 0.164 e. The third-order valence-corrected chi connectivity index (χ3v) is 10.6. The SMILES string of the molecule is CC1Nc2ccccc2N1c1cccc(-c2ccc(-c3ccc(-c4nc(-c5ccccc5)nc(-c5cccc(-c6cccc7ccccc67)c5)n4)cc3)cc2)c1. The van der Waals surface area contributed by atoms with E-state index in [0.29, 0.717) is 17.5 Å². The van der Waals surface area contributed by atoms with Crippen LogP contribution in [0.5, 0.6) is 0 Å². The summed E-state index contributed by atoms with van der Waals surface area (Å²) in [5.74, 6) is 1.92. The van der Waals surface area contributed by atoms with Gasteiger partial charge < -0.3 is 10.2 Å². The number of anilines is 3. The molecular formula is C51H37N5. The Bertz CT molecular complexity index is 2840. The fourth-order valence-electron chi connectivity index (χ4n) is 7.82.